The maximum Gasteiger partial charge on any atom is 0.136 e. The van der Waals surface area contributed by atoms with Crippen molar-refractivity contribution < 1.29 is 4.42 Å². The van der Waals surface area contributed by atoms with Gasteiger partial charge in [0.25, 0.3) is 0 Å². The molecule has 11 rings (SSSR count). The molecule has 0 unspecified atom stereocenters. The van der Waals surface area contributed by atoms with Crippen LogP contribution in [0.2, 0.25) is 0 Å². The van der Waals surface area contributed by atoms with E-state index in [0.29, 0.717) is 0 Å². The summed E-state index contributed by atoms with van der Waals surface area (Å²) in [7, 11) is 0. The molecular weight excluding hydrogens is 715 g/mol. The van der Waals surface area contributed by atoms with Gasteiger partial charge in [0.2, 0.25) is 0 Å². The minimum atomic E-state index is -0.132. The Kier molecular flexibility index (Phi) is 8.20. The fourth-order valence-corrected chi connectivity index (χ4v) is 9.39. The molecule has 2 nitrogen and oxygen atoms in total. The minimum Gasteiger partial charge on any atom is -0.456 e. The van der Waals surface area contributed by atoms with Crippen LogP contribution in [0.4, 0.5) is 17.1 Å². The third-order valence-corrected chi connectivity index (χ3v) is 12.3. The van der Waals surface area contributed by atoms with Crippen molar-refractivity contribution in [1.29, 1.82) is 0 Å². The Morgan fingerprint density at radius 1 is 0.356 bits per heavy atom. The lowest BCUT2D eigenvalue weighted by molar-refractivity contribution is 0.660. The molecule has 1 aromatic heterocycles. The van der Waals surface area contributed by atoms with Crippen LogP contribution < -0.4 is 4.90 Å². The molecule has 0 fully saturated rings. The molecule has 0 aliphatic heterocycles. The number of hydrogen-bond donors (Lipinski definition) is 0. The average molecular weight is 756 g/mol. The molecule has 0 spiro atoms. The summed E-state index contributed by atoms with van der Waals surface area (Å²) in [5.41, 5.74) is 19.6. The number of anilines is 3. The molecule has 10 aromatic rings. The number of rotatable bonds is 7. The highest BCUT2D eigenvalue weighted by Crippen LogP contribution is 2.51. The lowest BCUT2D eigenvalue weighted by Gasteiger charge is -2.29. The average Bonchev–Trinajstić information content (AvgIpc) is 3.79. The van der Waals surface area contributed by atoms with Crippen LogP contribution in [0.15, 0.2) is 217 Å². The molecule has 0 atom stereocenters. The van der Waals surface area contributed by atoms with Gasteiger partial charge in [0.1, 0.15) is 11.2 Å². The van der Waals surface area contributed by atoms with Gasteiger partial charge in [-0.3, -0.25) is 0 Å². The van der Waals surface area contributed by atoms with Gasteiger partial charge in [0.15, 0.2) is 0 Å². The van der Waals surface area contributed by atoms with Crippen LogP contribution in [-0.2, 0) is 5.41 Å². The normalized spacial score (nSPS) is 12.7. The van der Waals surface area contributed by atoms with Gasteiger partial charge in [-0.1, -0.05) is 172 Å². The van der Waals surface area contributed by atoms with Gasteiger partial charge in [-0.15, -0.1) is 0 Å². The zero-order chi connectivity index (χ0) is 39.5. The number of nitrogens with zero attached hydrogens (tertiary/aromatic N) is 1. The van der Waals surface area contributed by atoms with Gasteiger partial charge < -0.3 is 9.32 Å². The second-order valence-electron chi connectivity index (χ2n) is 16.1. The van der Waals surface area contributed by atoms with E-state index in [-0.39, 0.29) is 5.41 Å². The van der Waals surface area contributed by atoms with Gasteiger partial charge >= 0.3 is 0 Å². The smallest absolute Gasteiger partial charge is 0.136 e. The van der Waals surface area contributed by atoms with E-state index in [2.05, 4.69) is 225 Å². The Morgan fingerprint density at radius 2 is 0.898 bits per heavy atom. The molecule has 0 saturated carbocycles. The molecule has 0 radical (unpaired) electrons. The summed E-state index contributed by atoms with van der Waals surface area (Å²) >= 11 is 0. The van der Waals surface area contributed by atoms with E-state index >= 15 is 0 Å². The first-order valence-electron chi connectivity index (χ1n) is 20.4. The van der Waals surface area contributed by atoms with E-state index in [1.54, 1.807) is 0 Å². The summed E-state index contributed by atoms with van der Waals surface area (Å²) in [6.45, 7) is 4.71. The third kappa shape index (κ3) is 5.87. The zero-order valence-corrected chi connectivity index (χ0v) is 33.1. The molecule has 1 heterocycles. The molecule has 0 N–H and O–H groups in total. The quantitative estimate of drug-likeness (QED) is 0.161. The predicted molar refractivity (Wildman–Crippen MR) is 248 cm³/mol. The van der Waals surface area contributed by atoms with Crippen LogP contribution in [0.25, 0.3) is 77.6 Å². The number of furan rings is 1. The summed E-state index contributed by atoms with van der Waals surface area (Å²) in [6.07, 6.45) is 0. The van der Waals surface area contributed by atoms with Crippen LogP contribution >= 0.6 is 0 Å². The Bertz CT molecular complexity index is 3190. The second-order valence-corrected chi connectivity index (χ2v) is 16.1. The molecule has 2 heteroatoms. The van der Waals surface area contributed by atoms with E-state index in [9.17, 15) is 0 Å². The highest BCUT2D eigenvalue weighted by molar-refractivity contribution is 6.16. The minimum absolute atomic E-state index is 0.132. The highest BCUT2D eigenvalue weighted by atomic mass is 16.3. The van der Waals surface area contributed by atoms with Crippen molar-refractivity contribution in [3.05, 3.63) is 223 Å². The van der Waals surface area contributed by atoms with Crippen LogP contribution in [0.1, 0.15) is 25.0 Å². The SMILES string of the molecule is CC1(C)c2ccccc2-c2ccc(N(c3cccc(-c4ccccc4)c3)c3cccc(-c4ccc5oc6ccccc6c5c4-c4cccc(-c5ccccc5)c4)c3)cc21. The summed E-state index contributed by atoms with van der Waals surface area (Å²) in [6, 6.07) is 76.9. The topological polar surface area (TPSA) is 16.4 Å². The Labute approximate surface area is 345 Å². The van der Waals surface area contributed by atoms with Crippen LogP contribution in [0, 0.1) is 0 Å². The first-order valence-corrected chi connectivity index (χ1v) is 20.4. The Morgan fingerprint density at radius 3 is 1.66 bits per heavy atom. The number of para-hydroxylation sites is 1. The third-order valence-electron chi connectivity index (χ3n) is 12.3. The maximum atomic E-state index is 6.51. The van der Waals surface area contributed by atoms with Crippen molar-refractivity contribution in [2.75, 3.05) is 4.90 Å². The summed E-state index contributed by atoms with van der Waals surface area (Å²) in [5.74, 6) is 0. The summed E-state index contributed by atoms with van der Waals surface area (Å²) < 4.78 is 6.51. The van der Waals surface area contributed by atoms with Gasteiger partial charge in [0.05, 0.1) is 0 Å². The monoisotopic (exact) mass is 755 g/mol. The molecule has 1 aliphatic carbocycles. The summed E-state index contributed by atoms with van der Waals surface area (Å²) in [5, 5.41) is 2.24. The zero-order valence-electron chi connectivity index (χ0n) is 33.1. The van der Waals surface area contributed by atoms with Gasteiger partial charge in [0, 0.05) is 38.8 Å². The fourth-order valence-electron chi connectivity index (χ4n) is 9.39. The van der Waals surface area contributed by atoms with E-state index in [0.717, 1.165) is 61.3 Å². The largest absolute Gasteiger partial charge is 0.456 e. The fraction of sp³-hybridized carbons (Fsp3) is 0.0526. The van der Waals surface area contributed by atoms with Crippen molar-refractivity contribution in [3.63, 3.8) is 0 Å². The maximum absolute atomic E-state index is 6.51. The van der Waals surface area contributed by atoms with E-state index in [1.165, 1.54) is 44.5 Å². The van der Waals surface area contributed by atoms with E-state index in [4.69, 9.17) is 4.42 Å². The highest BCUT2D eigenvalue weighted by Gasteiger charge is 2.35. The van der Waals surface area contributed by atoms with Gasteiger partial charge in [-0.05, 0) is 116 Å². The van der Waals surface area contributed by atoms with Crippen molar-refractivity contribution in [1.82, 2.24) is 0 Å². The summed E-state index contributed by atoms with van der Waals surface area (Å²) in [4.78, 5) is 2.43. The molecule has 59 heavy (non-hydrogen) atoms. The second kappa shape index (κ2) is 13.9. The first kappa shape index (κ1) is 34.8. The van der Waals surface area contributed by atoms with Crippen LogP contribution in [-0.4, -0.2) is 0 Å². The Balaban J connectivity index is 1.12. The van der Waals surface area contributed by atoms with Crippen LogP contribution in [0.5, 0.6) is 0 Å². The molecule has 0 bridgehead atoms. The molecule has 0 amide bonds. The van der Waals surface area contributed by atoms with E-state index in [1.807, 2.05) is 6.07 Å². The predicted octanol–water partition coefficient (Wildman–Crippen LogP) is 16.0. The molecular formula is C57H41NO. The Hall–Kier alpha value is -7.42. The molecule has 0 saturated heterocycles. The molecule has 9 aromatic carbocycles. The molecule has 280 valence electrons. The van der Waals surface area contributed by atoms with Gasteiger partial charge in [-0.2, -0.15) is 0 Å². The van der Waals surface area contributed by atoms with Crippen molar-refractivity contribution in [2.24, 2.45) is 0 Å². The van der Waals surface area contributed by atoms with E-state index < -0.39 is 0 Å². The first-order chi connectivity index (χ1) is 29.0. The van der Waals surface area contributed by atoms with Crippen molar-refractivity contribution >= 4 is 39.0 Å². The number of fused-ring (bicyclic) bond motifs is 6. The number of benzene rings is 9. The lowest BCUT2D eigenvalue weighted by Crippen LogP contribution is -2.16. The van der Waals surface area contributed by atoms with Crippen molar-refractivity contribution in [3.8, 4) is 55.6 Å². The standard InChI is InChI=1S/C57H41NO/c1-57(2)51-28-11-9-26-48(51)49-31-30-46(37-52(49)57)58(44-24-14-21-41(35-44)39-18-7-4-8-19-39)45-25-15-22-42(36-45)47-32-33-54-56(50-27-10-12-29-53(50)59-54)55(47)43-23-13-20-40(34-43)38-16-5-3-6-17-38/h3-37H,1-2H3. The van der Waals surface area contributed by atoms with Crippen LogP contribution in [0.3, 0.4) is 0 Å². The van der Waals surface area contributed by atoms with Gasteiger partial charge in [-0.25, -0.2) is 0 Å². The molecule has 1 aliphatic rings. The van der Waals surface area contributed by atoms with Crippen molar-refractivity contribution in [2.45, 2.75) is 19.3 Å². The lowest BCUT2D eigenvalue weighted by atomic mass is 9.82. The number of hydrogen-bond acceptors (Lipinski definition) is 2.